The summed E-state index contributed by atoms with van der Waals surface area (Å²) in [6.45, 7) is 0.213. The number of phenolic OH excluding ortho intramolecular Hbond substituents is 1. The largest absolute Gasteiger partial charge is 0.508 e. The van der Waals surface area contributed by atoms with Crippen molar-refractivity contribution in [3.63, 3.8) is 0 Å². The minimum Gasteiger partial charge on any atom is -0.508 e. The van der Waals surface area contributed by atoms with Gasteiger partial charge in [0.25, 0.3) is 0 Å². The Hall–Kier alpha value is -4.04. The van der Waals surface area contributed by atoms with Gasteiger partial charge in [0.05, 0.1) is 11.7 Å². The molecule has 2 aromatic heterocycles. The van der Waals surface area contributed by atoms with Gasteiger partial charge in [-0.2, -0.15) is 0 Å². The monoisotopic (exact) mass is 456 g/mol. The summed E-state index contributed by atoms with van der Waals surface area (Å²) >= 11 is 5.83. The zero-order chi connectivity index (χ0) is 22.4. The number of thiocarbonyl (C=S) groups is 1. The summed E-state index contributed by atoms with van der Waals surface area (Å²) in [4.78, 5) is 6.72. The van der Waals surface area contributed by atoms with Gasteiger partial charge in [0, 0.05) is 35.5 Å². The van der Waals surface area contributed by atoms with E-state index in [2.05, 4.69) is 25.8 Å². The van der Waals surface area contributed by atoms with E-state index in [1.165, 1.54) is 0 Å². The number of rotatable bonds is 4. The third-order valence-corrected chi connectivity index (χ3v) is 6.26. The molecule has 0 saturated carbocycles. The van der Waals surface area contributed by atoms with Crippen molar-refractivity contribution in [3.05, 3.63) is 96.6 Å². The van der Waals surface area contributed by atoms with Crippen LogP contribution in [-0.2, 0) is 0 Å². The lowest BCUT2D eigenvalue weighted by Crippen LogP contribution is -2.30. The van der Waals surface area contributed by atoms with Crippen LogP contribution in [0.5, 0.6) is 17.2 Å². The lowest BCUT2D eigenvalue weighted by atomic mass is 10.0. The molecule has 7 nitrogen and oxygen atoms in total. The molecule has 2 aromatic carbocycles. The Morgan fingerprint density at radius 2 is 1.76 bits per heavy atom. The van der Waals surface area contributed by atoms with Gasteiger partial charge in [0.1, 0.15) is 11.8 Å². The Labute approximate surface area is 195 Å². The van der Waals surface area contributed by atoms with Crippen molar-refractivity contribution in [1.29, 1.82) is 0 Å². The second-order valence-electron chi connectivity index (χ2n) is 7.85. The number of nitrogens with one attached hydrogen (secondary N) is 1. The van der Waals surface area contributed by atoms with E-state index in [1.54, 1.807) is 18.3 Å². The molecule has 164 valence electrons. The third kappa shape index (κ3) is 3.35. The quantitative estimate of drug-likeness (QED) is 0.439. The minimum absolute atomic E-state index is 0.171. The summed E-state index contributed by atoms with van der Waals surface area (Å²) in [6, 6.07) is 22.6. The molecule has 1 saturated heterocycles. The molecule has 0 spiro atoms. The Kier molecular flexibility index (Phi) is 4.66. The lowest BCUT2D eigenvalue weighted by Gasteiger charge is -2.29. The van der Waals surface area contributed by atoms with Gasteiger partial charge < -0.3 is 29.4 Å². The van der Waals surface area contributed by atoms with Gasteiger partial charge in [-0.05, 0) is 72.9 Å². The maximum absolute atomic E-state index is 9.75. The summed E-state index contributed by atoms with van der Waals surface area (Å²) in [5.74, 6) is 1.65. The van der Waals surface area contributed by atoms with E-state index < -0.39 is 0 Å². The first kappa shape index (κ1) is 19.6. The first-order chi connectivity index (χ1) is 16.2. The number of pyridine rings is 1. The number of anilines is 1. The lowest BCUT2D eigenvalue weighted by molar-refractivity contribution is 0.174. The molecule has 2 aliphatic rings. The van der Waals surface area contributed by atoms with Crippen LogP contribution in [0.15, 0.2) is 85.2 Å². The van der Waals surface area contributed by atoms with Crippen molar-refractivity contribution in [1.82, 2.24) is 14.9 Å². The van der Waals surface area contributed by atoms with Crippen LogP contribution in [0.1, 0.15) is 23.5 Å². The molecule has 0 amide bonds. The van der Waals surface area contributed by atoms with Crippen LogP contribution in [0.25, 0.3) is 5.69 Å². The Balaban J connectivity index is 1.50. The fourth-order valence-electron chi connectivity index (χ4n) is 4.45. The van der Waals surface area contributed by atoms with E-state index in [0.29, 0.717) is 10.9 Å². The molecule has 33 heavy (non-hydrogen) atoms. The smallest absolute Gasteiger partial charge is 0.231 e. The van der Waals surface area contributed by atoms with Crippen LogP contribution < -0.4 is 19.7 Å². The predicted octanol–water partition coefficient (Wildman–Crippen LogP) is 4.48. The van der Waals surface area contributed by atoms with Crippen molar-refractivity contribution in [2.45, 2.75) is 12.1 Å². The number of hydrogen-bond donors (Lipinski definition) is 2. The molecular weight excluding hydrogens is 436 g/mol. The molecule has 0 bridgehead atoms. The molecule has 0 unspecified atom stereocenters. The highest BCUT2D eigenvalue weighted by Gasteiger charge is 2.42. The highest BCUT2D eigenvalue weighted by atomic mass is 32.1. The number of ether oxygens (including phenoxy) is 2. The topological polar surface area (TPSA) is 71.8 Å². The second kappa shape index (κ2) is 7.83. The van der Waals surface area contributed by atoms with E-state index in [0.717, 1.165) is 28.5 Å². The molecule has 1 fully saturated rings. The Morgan fingerprint density at radius 1 is 0.939 bits per heavy atom. The van der Waals surface area contributed by atoms with E-state index in [1.807, 2.05) is 60.8 Å². The summed E-state index contributed by atoms with van der Waals surface area (Å²) in [6.07, 6.45) is 3.80. The molecule has 6 rings (SSSR count). The highest BCUT2D eigenvalue weighted by molar-refractivity contribution is 7.80. The number of aromatic nitrogens is 2. The normalized spacial score (nSPS) is 19.0. The maximum Gasteiger partial charge on any atom is 0.231 e. The average Bonchev–Trinajstić information content (AvgIpc) is 3.57. The van der Waals surface area contributed by atoms with Crippen LogP contribution in [0.2, 0.25) is 0 Å². The highest BCUT2D eigenvalue weighted by Crippen LogP contribution is 2.44. The summed E-state index contributed by atoms with van der Waals surface area (Å²) in [5.41, 5.74) is 3.77. The molecule has 0 radical (unpaired) electrons. The van der Waals surface area contributed by atoms with E-state index >= 15 is 0 Å². The SMILES string of the molecule is Oc1ccc(-n2cccc2[C@@H]2[C@H](c3ccccn3)NC(=S)N2c2ccc3c(c2)OCO3)cc1. The fourth-order valence-corrected chi connectivity index (χ4v) is 4.80. The molecular formula is C25H20N4O3S. The minimum atomic E-state index is -0.184. The fraction of sp³-hybridized carbons (Fsp3) is 0.120. The first-order valence-electron chi connectivity index (χ1n) is 10.6. The van der Waals surface area contributed by atoms with Gasteiger partial charge in [-0.25, -0.2) is 0 Å². The van der Waals surface area contributed by atoms with E-state index in [4.69, 9.17) is 21.7 Å². The maximum atomic E-state index is 9.75. The molecule has 4 aromatic rings. The predicted molar refractivity (Wildman–Crippen MR) is 128 cm³/mol. The zero-order valence-electron chi connectivity index (χ0n) is 17.5. The van der Waals surface area contributed by atoms with Crippen molar-refractivity contribution < 1.29 is 14.6 Å². The molecule has 4 heterocycles. The van der Waals surface area contributed by atoms with Gasteiger partial charge in [0.15, 0.2) is 16.6 Å². The average molecular weight is 457 g/mol. The number of hydrogen-bond acceptors (Lipinski definition) is 5. The van der Waals surface area contributed by atoms with Crippen molar-refractivity contribution in [2.75, 3.05) is 11.7 Å². The van der Waals surface area contributed by atoms with Crippen LogP contribution >= 0.6 is 12.2 Å². The standard InChI is InChI=1S/C25H20N4O3S/c30-18-9-6-16(7-10-18)28-13-3-5-20(28)24-23(19-4-1-2-12-26-19)27-25(33)29(24)17-8-11-21-22(14-17)32-15-31-21/h1-14,23-24,30H,15H2,(H,27,33)/t23-,24+/m0/s1. The van der Waals surface area contributed by atoms with Crippen molar-refractivity contribution in [2.24, 2.45) is 0 Å². The van der Waals surface area contributed by atoms with Crippen LogP contribution in [0, 0.1) is 0 Å². The second-order valence-corrected chi connectivity index (χ2v) is 8.24. The molecule has 2 N–H and O–H groups in total. The van der Waals surface area contributed by atoms with Crippen molar-refractivity contribution >= 4 is 23.0 Å². The van der Waals surface area contributed by atoms with Crippen LogP contribution in [0.3, 0.4) is 0 Å². The van der Waals surface area contributed by atoms with E-state index in [-0.39, 0.29) is 24.6 Å². The van der Waals surface area contributed by atoms with Gasteiger partial charge >= 0.3 is 0 Å². The van der Waals surface area contributed by atoms with Gasteiger partial charge in [-0.15, -0.1) is 0 Å². The number of aromatic hydroxyl groups is 1. The Morgan fingerprint density at radius 3 is 2.58 bits per heavy atom. The van der Waals surface area contributed by atoms with Crippen LogP contribution in [-0.4, -0.2) is 26.6 Å². The summed E-state index contributed by atoms with van der Waals surface area (Å²) in [7, 11) is 0. The zero-order valence-corrected chi connectivity index (χ0v) is 18.3. The number of fused-ring (bicyclic) bond motifs is 1. The molecule has 2 atom stereocenters. The summed E-state index contributed by atoms with van der Waals surface area (Å²) < 4.78 is 13.2. The molecule has 0 aliphatic carbocycles. The Bertz CT molecular complexity index is 1320. The number of phenols is 1. The van der Waals surface area contributed by atoms with Crippen LogP contribution in [0.4, 0.5) is 5.69 Å². The number of nitrogens with zero attached hydrogens (tertiary/aromatic N) is 3. The van der Waals surface area contributed by atoms with Gasteiger partial charge in [-0.3, -0.25) is 4.98 Å². The van der Waals surface area contributed by atoms with Gasteiger partial charge in [-0.1, -0.05) is 6.07 Å². The van der Waals surface area contributed by atoms with Crippen molar-refractivity contribution in [3.8, 4) is 22.9 Å². The third-order valence-electron chi connectivity index (χ3n) is 5.94. The van der Waals surface area contributed by atoms with Gasteiger partial charge in [0.2, 0.25) is 6.79 Å². The number of benzene rings is 2. The molecule has 8 heteroatoms. The summed E-state index contributed by atoms with van der Waals surface area (Å²) in [5, 5.41) is 13.8. The first-order valence-corrected chi connectivity index (χ1v) is 11.0. The molecule has 2 aliphatic heterocycles. The van der Waals surface area contributed by atoms with E-state index in [9.17, 15) is 5.11 Å².